The Balaban J connectivity index is 1.04. The molecule has 5 heterocycles. The van der Waals surface area contributed by atoms with Crippen LogP contribution in [0.3, 0.4) is 0 Å². The van der Waals surface area contributed by atoms with Crippen molar-refractivity contribution in [1.82, 2.24) is 29.9 Å². The largest absolute Gasteiger partial charge is 0.453 e. The topological polar surface area (TPSA) is 90.5 Å². The summed E-state index contributed by atoms with van der Waals surface area (Å²) in [5.74, 6) is 2.64. The maximum atomic E-state index is 6.84. The van der Waals surface area contributed by atoms with E-state index in [4.69, 9.17) is 24.4 Å². The Bertz CT molecular complexity index is 2880. The predicted octanol–water partition coefficient (Wildman–Crippen LogP) is 11.6. The predicted molar refractivity (Wildman–Crippen MR) is 219 cm³/mol. The van der Waals surface area contributed by atoms with E-state index >= 15 is 0 Å². The van der Waals surface area contributed by atoms with Crippen LogP contribution in [0.25, 0.3) is 101 Å². The lowest BCUT2D eigenvalue weighted by Gasteiger charge is -2.10. The van der Waals surface area contributed by atoms with Gasteiger partial charge in [0.1, 0.15) is 11.5 Å². The molecule has 10 aromatic rings. The molecule has 258 valence electrons. The van der Waals surface area contributed by atoms with Gasteiger partial charge >= 0.3 is 0 Å². The average molecular weight is 707 g/mol. The van der Waals surface area contributed by atoms with Gasteiger partial charge in [-0.15, -0.1) is 0 Å². The molecule has 0 saturated carbocycles. The Morgan fingerprint density at radius 1 is 0.364 bits per heavy atom. The highest BCUT2D eigenvalue weighted by atomic mass is 16.3. The van der Waals surface area contributed by atoms with Crippen molar-refractivity contribution in [2.45, 2.75) is 0 Å². The SMILES string of the molecule is c1ccc(-c2nc(-c3ccccc3)nc(-c3ccc(-c4ccc(-c5nc6ccccc6c6c(-c7ccncc7)c(-c7cccnc7)oc56)cc4)cc3)n2)cc1. The smallest absolute Gasteiger partial charge is 0.164 e. The first-order chi connectivity index (χ1) is 27.3. The van der Waals surface area contributed by atoms with Gasteiger partial charge in [-0.2, -0.15) is 0 Å². The highest BCUT2D eigenvalue weighted by molar-refractivity contribution is 6.18. The fraction of sp³-hybridized carbons (Fsp3) is 0. The summed E-state index contributed by atoms with van der Waals surface area (Å²) in [5.41, 5.74) is 11.2. The molecule has 0 aliphatic rings. The zero-order valence-corrected chi connectivity index (χ0v) is 29.4. The summed E-state index contributed by atoms with van der Waals surface area (Å²) in [6.07, 6.45) is 7.23. The Morgan fingerprint density at radius 2 is 0.891 bits per heavy atom. The Labute approximate surface area is 316 Å². The number of hydrogen-bond acceptors (Lipinski definition) is 7. The van der Waals surface area contributed by atoms with E-state index < -0.39 is 0 Å². The molecule has 0 fully saturated rings. The van der Waals surface area contributed by atoms with Crippen molar-refractivity contribution in [3.8, 4) is 79.0 Å². The minimum Gasteiger partial charge on any atom is -0.453 e. The van der Waals surface area contributed by atoms with Crippen LogP contribution in [0.15, 0.2) is 187 Å². The summed E-state index contributed by atoms with van der Waals surface area (Å²) in [7, 11) is 0. The Morgan fingerprint density at radius 3 is 1.49 bits per heavy atom. The molecule has 10 rings (SSSR count). The normalized spacial score (nSPS) is 11.3. The molecule has 0 saturated heterocycles. The van der Waals surface area contributed by atoms with Crippen LogP contribution >= 0.6 is 0 Å². The number of aromatic nitrogens is 6. The standard InChI is InChI=1S/C48H30N6O/c1-3-10-35(11-4-1)46-52-47(36-12-5-2-6-13-36)54-48(53-46)37-23-19-32(20-24-37)31-17-21-34(22-18-31)43-45-42(39-15-7-8-16-40(39)51-43)41(33-25-28-49-29-26-33)44(55-45)38-14-9-27-50-30-38/h1-30H. The van der Waals surface area contributed by atoms with Gasteiger partial charge in [-0.1, -0.05) is 127 Å². The molecule has 0 spiro atoms. The van der Waals surface area contributed by atoms with Crippen LogP contribution in [0.4, 0.5) is 0 Å². The van der Waals surface area contributed by atoms with Crippen molar-refractivity contribution in [3.63, 3.8) is 0 Å². The molecule has 0 aliphatic carbocycles. The fourth-order valence-electron chi connectivity index (χ4n) is 7.07. The van der Waals surface area contributed by atoms with Crippen LogP contribution in [-0.2, 0) is 0 Å². The number of furan rings is 1. The van der Waals surface area contributed by atoms with Crippen LogP contribution in [0.2, 0.25) is 0 Å². The van der Waals surface area contributed by atoms with Crippen molar-refractivity contribution in [2.24, 2.45) is 0 Å². The van der Waals surface area contributed by atoms with Crippen LogP contribution in [0.5, 0.6) is 0 Å². The van der Waals surface area contributed by atoms with Gasteiger partial charge in [0, 0.05) is 68.9 Å². The molecule has 5 aromatic heterocycles. The molecule has 0 unspecified atom stereocenters. The third kappa shape index (κ3) is 5.99. The van der Waals surface area contributed by atoms with Gasteiger partial charge in [-0.3, -0.25) is 9.97 Å². The number of hydrogen-bond donors (Lipinski definition) is 0. The lowest BCUT2D eigenvalue weighted by atomic mass is 9.96. The zero-order valence-electron chi connectivity index (χ0n) is 29.4. The Hall–Kier alpha value is -7.64. The first-order valence-corrected chi connectivity index (χ1v) is 18.0. The first-order valence-electron chi connectivity index (χ1n) is 18.0. The van der Waals surface area contributed by atoms with E-state index in [9.17, 15) is 0 Å². The van der Waals surface area contributed by atoms with Crippen molar-refractivity contribution in [3.05, 3.63) is 183 Å². The summed E-state index contributed by atoms with van der Waals surface area (Å²) in [6, 6.07) is 53.1. The quantitative estimate of drug-likeness (QED) is 0.163. The summed E-state index contributed by atoms with van der Waals surface area (Å²) in [6.45, 7) is 0. The lowest BCUT2D eigenvalue weighted by molar-refractivity contribution is 0.632. The van der Waals surface area contributed by atoms with Gasteiger partial charge in [0.05, 0.1) is 5.52 Å². The molecule has 0 atom stereocenters. The average Bonchev–Trinajstić information content (AvgIpc) is 3.69. The zero-order chi connectivity index (χ0) is 36.6. The molecule has 0 amide bonds. The molecule has 55 heavy (non-hydrogen) atoms. The molecule has 7 nitrogen and oxygen atoms in total. The molecule has 7 heteroatoms. The number of benzene rings is 5. The highest BCUT2D eigenvalue weighted by Gasteiger charge is 2.24. The van der Waals surface area contributed by atoms with Gasteiger partial charge < -0.3 is 4.42 Å². The van der Waals surface area contributed by atoms with Gasteiger partial charge in [-0.25, -0.2) is 19.9 Å². The summed E-state index contributed by atoms with van der Waals surface area (Å²) < 4.78 is 6.84. The fourth-order valence-corrected chi connectivity index (χ4v) is 7.07. The van der Waals surface area contributed by atoms with Gasteiger partial charge in [0.25, 0.3) is 0 Å². The van der Waals surface area contributed by atoms with Crippen molar-refractivity contribution >= 4 is 21.9 Å². The van der Waals surface area contributed by atoms with Crippen molar-refractivity contribution in [2.75, 3.05) is 0 Å². The number of fused-ring (bicyclic) bond motifs is 3. The second-order valence-electron chi connectivity index (χ2n) is 13.2. The van der Waals surface area contributed by atoms with E-state index in [0.29, 0.717) is 17.5 Å². The van der Waals surface area contributed by atoms with E-state index in [1.54, 1.807) is 6.20 Å². The number of nitrogens with zero attached hydrogens (tertiary/aromatic N) is 6. The number of pyridine rings is 3. The van der Waals surface area contributed by atoms with Crippen LogP contribution in [0, 0.1) is 0 Å². The van der Waals surface area contributed by atoms with E-state index in [-0.39, 0.29) is 0 Å². The van der Waals surface area contributed by atoms with Crippen LogP contribution < -0.4 is 0 Å². The second kappa shape index (κ2) is 13.7. The lowest BCUT2D eigenvalue weighted by Crippen LogP contribution is -2.00. The molecule has 5 aromatic carbocycles. The van der Waals surface area contributed by atoms with Gasteiger partial charge in [-0.05, 0) is 47.0 Å². The molecular formula is C48H30N6O. The maximum absolute atomic E-state index is 6.84. The molecule has 0 aliphatic heterocycles. The van der Waals surface area contributed by atoms with Crippen LogP contribution in [-0.4, -0.2) is 29.9 Å². The van der Waals surface area contributed by atoms with E-state index in [2.05, 4.69) is 70.6 Å². The number of para-hydroxylation sites is 1. The second-order valence-corrected chi connectivity index (χ2v) is 13.2. The monoisotopic (exact) mass is 706 g/mol. The van der Waals surface area contributed by atoms with E-state index in [1.807, 2.05) is 116 Å². The van der Waals surface area contributed by atoms with Crippen molar-refractivity contribution in [1.29, 1.82) is 0 Å². The third-order valence-corrected chi connectivity index (χ3v) is 9.76. The minimum atomic E-state index is 0.622. The van der Waals surface area contributed by atoms with Crippen molar-refractivity contribution < 1.29 is 4.42 Å². The third-order valence-electron chi connectivity index (χ3n) is 9.76. The highest BCUT2D eigenvalue weighted by Crippen LogP contribution is 2.46. The molecule has 0 N–H and O–H groups in total. The molecule has 0 bridgehead atoms. The van der Waals surface area contributed by atoms with Crippen LogP contribution in [0.1, 0.15) is 0 Å². The Kier molecular flexibility index (Phi) is 8.00. The van der Waals surface area contributed by atoms with E-state index in [1.165, 1.54) is 0 Å². The van der Waals surface area contributed by atoms with E-state index in [0.717, 1.165) is 83.4 Å². The first kappa shape index (κ1) is 32.0. The van der Waals surface area contributed by atoms with Gasteiger partial charge in [0.2, 0.25) is 0 Å². The maximum Gasteiger partial charge on any atom is 0.164 e. The summed E-state index contributed by atoms with van der Waals surface area (Å²) in [5, 5.41) is 2.03. The summed E-state index contributed by atoms with van der Waals surface area (Å²) >= 11 is 0. The van der Waals surface area contributed by atoms with Gasteiger partial charge in [0.15, 0.2) is 23.1 Å². The molecular weight excluding hydrogens is 677 g/mol. The number of rotatable bonds is 7. The molecule has 0 radical (unpaired) electrons. The summed E-state index contributed by atoms with van der Waals surface area (Å²) in [4.78, 5) is 28.5. The minimum absolute atomic E-state index is 0.622.